The van der Waals surface area contributed by atoms with Gasteiger partial charge in [0.15, 0.2) is 0 Å². The second-order valence-corrected chi connectivity index (χ2v) is 7.32. The zero-order valence-electron chi connectivity index (χ0n) is 13.7. The van der Waals surface area contributed by atoms with Crippen molar-refractivity contribution < 1.29 is 22.9 Å². The number of aromatic hydroxyl groups is 1. The van der Waals surface area contributed by atoms with Gasteiger partial charge < -0.3 is 16.2 Å². The van der Waals surface area contributed by atoms with Crippen molar-refractivity contribution in [2.75, 3.05) is 11.1 Å². The molecule has 0 radical (unpaired) electrons. The molecule has 0 atom stereocenters. The fourth-order valence-electron chi connectivity index (χ4n) is 2.60. The lowest BCUT2D eigenvalue weighted by Gasteiger charge is -2.11. The molecule has 5 N–H and O–H groups in total. The van der Waals surface area contributed by atoms with Gasteiger partial charge >= 0.3 is 0 Å². The van der Waals surface area contributed by atoms with Crippen molar-refractivity contribution in [2.24, 2.45) is 0 Å². The molecule has 0 aliphatic carbocycles. The number of nitrogen functional groups attached to an aromatic ring is 1. The third-order valence-corrected chi connectivity index (χ3v) is 4.77. The number of carbonyl (C=O) groups is 1. The normalized spacial score (nSPS) is 11.5. The van der Waals surface area contributed by atoms with Gasteiger partial charge in [-0.1, -0.05) is 12.1 Å². The van der Waals surface area contributed by atoms with E-state index in [9.17, 15) is 18.3 Å². The Morgan fingerprint density at radius 2 is 1.77 bits per heavy atom. The Kier molecular flexibility index (Phi) is 4.31. The number of fused-ring (bicyclic) bond motifs is 1. The molecule has 8 heteroatoms. The number of phenols is 1. The number of benzene rings is 3. The number of hydrogen-bond acceptors (Lipinski definition) is 5. The standard InChI is InChI=1S/C18H16N2O5S/c1-10-2-5-14(15(19)6-10)18(22)20-16-8-11-3-4-13(26(23,24)25)7-12(11)9-17(16)21/h2-9,21H,19H2,1H3,(H,20,22)(H,23,24,25). The molecule has 0 saturated heterocycles. The van der Waals surface area contributed by atoms with Crippen LogP contribution in [-0.2, 0) is 10.1 Å². The molecule has 0 bridgehead atoms. The van der Waals surface area contributed by atoms with Crippen LogP contribution < -0.4 is 11.1 Å². The second kappa shape index (κ2) is 6.32. The highest BCUT2D eigenvalue weighted by Gasteiger charge is 2.15. The van der Waals surface area contributed by atoms with Gasteiger partial charge in [0.05, 0.1) is 16.1 Å². The molecule has 0 heterocycles. The first-order valence-electron chi connectivity index (χ1n) is 7.57. The van der Waals surface area contributed by atoms with E-state index >= 15 is 0 Å². The molecule has 0 unspecified atom stereocenters. The number of anilines is 2. The van der Waals surface area contributed by atoms with Gasteiger partial charge in [0.25, 0.3) is 16.0 Å². The molecule has 0 aliphatic rings. The number of nitrogens with one attached hydrogen (secondary N) is 1. The summed E-state index contributed by atoms with van der Waals surface area (Å²) in [6, 6.07) is 11.8. The molecule has 0 fully saturated rings. The average molecular weight is 372 g/mol. The summed E-state index contributed by atoms with van der Waals surface area (Å²) in [6.07, 6.45) is 0. The molecule has 0 aromatic heterocycles. The SMILES string of the molecule is Cc1ccc(C(=O)Nc2cc3ccc(S(=O)(=O)O)cc3cc2O)c(N)c1. The molecule has 7 nitrogen and oxygen atoms in total. The van der Waals surface area contributed by atoms with Gasteiger partial charge in [0, 0.05) is 5.69 Å². The minimum absolute atomic E-state index is 0.155. The summed E-state index contributed by atoms with van der Waals surface area (Å²) in [4.78, 5) is 12.1. The highest BCUT2D eigenvalue weighted by molar-refractivity contribution is 7.85. The van der Waals surface area contributed by atoms with Crippen LogP contribution in [0.25, 0.3) is 10.8 Å². The maximum atomic E-state index is 12.4. The number of amides is 1. The van der Waals surface area contributed by atoms with Gasteiger partial charge in [-0.2, -0.15) is 8.42 Å². The molecule has 0 aliphatic heterocycles. The van der Waals surface area contributed by atoms with E-state index in [0.29, 0.717) is 16.5 Å². The maximum absolute atomic E-state index is 12.4. The van der Waals surface area contributed by atoms with E-state index in [1.807, 2.05) is 6.92 Å². The Balaban J connectivity index is 1.98. The van der Waals surface area contributed by atoms with E-state index in [4.69, 9.17) is 10.3 Å². The lowest BCUT2D eigenvalue weighted by atomic mass is 10.1. The van der Waals surface area contributed by atoms with Crippen LogP contribution >= 0.6 is 0 Å². The van der Waals surface area contributed by atoms with Crippen LogP contribution in [0.2, 0.25) is 0 Å². The van der Waals surface area contributed by atoms with Gasteiger partial charge in [-0.25, -0.2) is 0 Å². The molecule has 26 heavy (non-hydrogen) atoms. The van der Waals surface area contributed by atoms with Crippen LogP contribution in [0.4, 0.5) is 11.4 Å². The fraction of sp³-hybridized carbons (Fsp3) is 0.0556. The smallest absolute Gasteiger partial charge is 0.294 e. The highest BCUT2D eigenvalue weighted by atomic mass is 32.2. The molecule has 0 saturated carbocycles. The molecule has 1 amide bonds. The number of carbonyl (C=O) groups excluding carboxylic acids is 1. The Labute approximate surface area is 149 Å². The van der Waals surface area contributed by atoms with Crippen molar-refractivity contribution in [3.8, 4) is 5.75 Å². The lowest BCUT2D eigenvalue weighted by Crippen LogP contribution is -2.14. The molecule has 3 rings (SSSR count). The largest absolute Gasteiger partial charge is 0.506 e. The van der Waals surface area contributed by atoms with Crippen LogP contribution in [0, 0.1) is 6.92 Å². The summed E-state index contributed by atoms with van der Waals surface area (Å²) in [5.74, 6) is -0.726. The summed E-state index contributed by atoms with van der Waals surface area (Å²) < 4.78 is 31.5. The third-order valence-electron chi connectivity index (χ3n) is 3.92. The average Bonchev–Trinajstić information content (AvgIpc) is 2.54. The van der Waals surface area contributed by atoms with E-state index in [2.05, 4.69) is 5.32 Å². The van der Waals surface area contributed by atoms with Crippen LogP contribution in [0.15, 0.2) is 53.4 Å². The third kappa shape index (κ3) is 3.46. The molecule has 3 aromatic carbocycles. The fourth-order valence-corrected chi connectivity index (χ4v) is 3.12. The Hall–Kier alpha value is -3.10. The number of nitrogens with two attached hydrogens (primary N) is 1. The van der Waals surface area contributed by atoms with Gasteiger partial charge in [0.2, 0.25) is 0 Å². The Morgan fingerprint density at radius 1 is 1.04 bits per heavy atom. The second-order valence-electron chi connectivity index (χ2n) is 5.90. The van der Waals surface area contributed by atoms with Crippen molar-refractivity contribution >= 4 is 38.2 Å². The van der Waals surface area contributed by atoms with Gasteiger partial charge in [0.1, 0.15) is 5.75 Å². The minimum Gasteiger partial charge on any atom is -0.506 e. The zero-order chi connectivity index (χ0) is 19.1. The maximum Gasteiger partial charge on any atom is 0.294 e. The highest BCUT2D eigenvalue weighted by Crippen LogP contribution is 2.31. The molecular weight excluding hydrogens is 356 g/mol. The van der Waals surface area contributed by atoms with E-state index in [1.165, 1.54) is 30.3 Å². The number of phenolic OH excluding ortho intramolecular Hbond substituents is 1. The first-order chi connectivity index (χ1) is 12.1. The molecule has 0 spiro atoms. The first kappa shape index (κ1) is 17.7. The summed E-state index contributed by atoms with van der Waals surface area (Å²) in [5.41, 5.74) is 7.53. The number of rotatable bonds is 3. The predicted octanol–water partition coefficient (Wildman–Crippen LogP) is 2.94. The van der Waals surface area contributed by atoms with E-state index in [1.54, 1.807) is 18.2 Å². The predicted molar refractivity (Wildman–Crippen MR) is 99.0 cm³/mol. The van der Waals surface area contributed by atoms with Crippen molar-refractivity contribution in [1.29, 1.82) is 0 Å². The Bertz CT molecular complexity index is 1140. The van der Waals surface area contributed by atoms with Crippen molar-refractivity contribution in [2.45, 2.75) is 11.8 Å². The molecule has 3 aromatic rings. The van der Waals surface area contributed by atoms with Crippen LogP contribution in [0.3, 0.4) is 0 Å². The summed E-state index contributed by atoms with van der Waals surface area (Å²) in [5, 5.41) is 13.7. The topological polar surface area (TPSA) is 130 Å². The monoisotopic (exact) mass is 372 g/mol. The summed E-state index contributed by atoms with van der Waals surface area (Å²) in [6.45, 7) is 1.86. The molecular formula is C18H16N2O5S. The van der Waals surface area contributed by atoms with E-state index in [-0.39, 0.29) is 21.9 Å². The van der Waals surface area contributed by atoms with Gasteiger partial charge in [-0.05, 0) is 59.7 Å². The lowest BCUT2D eigenvalue weighted by molar-refractivity contribution is 0.102. The van der Waals surface area contributed by atoms with Crippen molar-refractivity contribution in [3.63, 3.8) is 0 Å². The van der Waals surface area contributed by atoms with Gasteiger partial charge in [-0.15, -0.1) is 0 Å². The van der Waals surface area contributed by atoms with Crippen LogP contribution in [0.5, 0.6) is 5.75 Å². The van der Waals surface area contributed by atoms with Crippen molar-refractivity contribution in [1.82, 2.24) is 0 Å². The molecule has 134 valence electrons. The van der Waals surface area contributed by atoms with Gasteiger partial charge in [-0.3, -0.25) is 9.35 Å². The van der Waals surface area contributed by atoms with Crippen LogP contribution in [0.1, 0.15) is 15.9 Å². The number of aryl methyl sites for hydroxylation is 1. The van der Waals surface area contributed by atoms with Crippen LogP contribution in [-0.4, -0.2) is 24.0 Å². The minimum atomic E-state index is -4.35. The first-order valence-corrected chi connectivity index (χ1v) is 9.01. The summed E-state index contributed by atoms with van der Waals surface area (Å²) in [7, 11) is -4.35. The van der Waals surface area contributed by atoms with Crippen molar-refractivity contribution in [3.05, 3.63) is 59.7 Å². The van der Waals surface area contributed by atoms with E-state index < -0.39 is 16.0 Å². The zero-order valence-corrected chi connectivity index (χ0v) is 14.5. The quantitative estimate of drug-likeness (QED) is 0.318. The summed E-state index contributed by atoms with van der Waals surface area (Å²) >= 11 is 0. The number of hydrogen-bond donors (Lipinski definition) is 4. The van der Waals surface area contributed by atoms with E-state index in [0.717, 1.165) is 5.56 Å². The Morgan fingerprint density at radius 3 is 2.42 bits per heavy atom.